The fourth-order valence-corrected chi connectivity index (χ4v) is 2.89. The lowest BCUT2D eigenvalue weighted by Gasteiger charge is -2.11. The second-order valence-corrected chi connectivity index (χ2v) is 6.09. The summed E-state index contributed by atoms with van der Waals surface area (Å²) in [5, 5.41) is 3.89. The van der Waals surface area contributed by atoms with Gasteiger partial charge in [0, 0.05) is 5.41 Å². The number of hydrogen-bond acceptors (Lipinski definition) is 4. The molecule has 18 heavy (non-hydrogen) atoms. The van der Waals surface area contributed by atoms with Crippen molar-refractivity contribution in [2.24, 2.45) is 0 Å². The van der Waals surface area contributed by atoms with Crippen LogP contribution in [-0.2, 0) is 21.1 Å². The van der Waals surface area contributed by atoms with E-state index in [1.54, 1.807) is 6.08 Å². The van der Waals surface area contributed by atoms with Gasteiger partial charge in [0.05, 0.1) is 21.5 Å². The summed E-state index contributed by atoms with van der Waals surface area (Å²) in [5.41, 5.74) is 0.902. The molecule has 6 heteroatoms. The highest BCUT2D eigenvalue weighted by Gasteiger charge is 2.20. The number of benzene rings is 1. The van der Waals surface area contributed by atoms with Gasteiger partial charge in [0.25, 0.3) is 0 Å². The molecule has 0 bridgehead atoms. The predicted octanol–water partition coefficient (Wildman–Crippen LogP) is 1.86. The Morgan fingerprint density at radius 3 is 2.78 bits per heavy atom. The minimum Gasteiger partial charge on any atom is -0.445 e. The Hall–Kier alpha value is -1.82. The van der Waals surface area contributed by atoms with Crippen molar-refractivity contribution in [2.45, 2.75) is 12.6 Å². The summed E-state index contributed by atoms with van der Waals surface area (Å²) >= 11 is 0. The molecule has 0 aliphatic carbocycles. The smallest absolute Gasteiger partial charge is 0.407 e. The summed E-state index contributed by atoms with van der Waals surface area (Å²) in [6, 6.07) is 8.96. The van der Waals surface area contributed by atoms with E-state index in [1.165, 1.54) is 5.41 Å². The minimum absolute atomic E-state index is 0.118. The lowest BCUT2D eigenvalue weighted by atomic mass is 10.2. The Kier molecular flexibility index (Phi) is 3.66. The molecule has 2 atom stereocenters. The van der Waals surface area contributed by atoms with Gasteiger partial charge in [0.2, 0.25) is 0 Å². The summed E-state index contributed by atoms with van der Waals surface area (Å²) in [5.74, 6) is 0.118. The van der Waals surface area contributed by atoms with Crippen LogP contribution >= 0.6 is 0 Å². The van der Waals surface area contributed by atoms with E-state index in [0.29, 0.717) is 0 Å². The van der Waals surface area contributed by atoms with E-state index >= 15 is 0 Å². The fourth-order valence-electron chi connectivity index (χ4n) is 1.61. The average molecular weight is 266 g/mol. The van der Waals surface area contributed by atoms with Crippen LogP contribution in [0.2, 0.25) is 0 Å². The molecule has 5 nitrogen and oxygen atoms in total. The molecule has 0 radical (unpaired) electrons. The van der Waals surface area contributed by atoms with E-state index in [0.717, 1.165) is 5.56 Å². The van der Waals surface area contributed by atoms with E-state index < -0.39 is 15.8 Å². The molecule has 0 aromatic heterocycles. The quantitative estimate of drug-likeness (QED) is 0.876. The summed E-state index contributed by atoms with van der Waals surface area (Å²) in [7, 11) is -2.66. The number of carbonyl (C=O) groups is 1. The van der Waals surface area contributed by atoms with Gasteiger partial charge in [-0.15, -0.1) is 0 Å². The summed E-state index contributed by atoms with van der Waals surface area (Å²) in [6.07, 6.45) is 1.00. The SMILES string of the molecule is N=S1(=O)C=C[C@@H](NC(=O)OCc2ccccc2)C1. The van der Waals surface area contributed by atoms with E-state index in [2.05, 4.69) is 5.32 Å². The maximum Gasteiger partial charge on any atom is 0.407 e. The first-order chi connectivity index (χ1) is 8.55. The molecule has 2 rings (SSSR count). The molecule has 0 spiro atoms. The van der Waals surface area contributed by atoms with Gasteiger partial charge in [-0.3, -0.25) is 0 Å². The monoisotopic (exact) mass is 266 g/mol. The third kappa shape index (κ3) is 3.59. The van der Waals surface area contributed by atoms with Crippen LogP contribution in [0.5, 0.6) is 0 Å². The van der Waals surface area contributed by atoms with Crippen molar-refractivity contribution in [3.05, 3.63) is 47.4 Å². The van der Waals surface area contributed by atoms with E-state index in [1.807, 2.05) is 30.3 Å². The highest BCUT2D eigenvalue weighted by molar-refractivity contribution is 7.95. The molecule has 1 amide bonds. The van der Waals surface area contributed by atoms with Gasteiger partial charge in [-0.1, -0.05) is 36.4 Å². The molecule has 2 N–H and O–H groups in total. The molecule has 1 aromatic carbocycles. The van der Waals surface area contributed by atoms with Crippen molar-refractivity contribution in [1.82, 2.24) is 5.32 Å². The van der Waals surface area contributed by atoms with Gasteiger partial charge in [-0.05, 0) is 5.56 Å². The Bertz CT molecular complexity index is 552. The predicted molar refractivity (Wildman–Crippen MR) is 68.4 cm³/mol. The Morgan fingerprint density at radius 2 is 2.17 bits per heavy atom. The molecule has 96 valence electrons. The fraction of sp³-hybridized carbons (Fsp3) is 0.250. The minimum atomic E-state index is -2.66. The first-order valence-electron chi connectivity index (χ1n) is 5.47. The molecule has 1 aliphatic rings. The second kappa shape index (κ2) is 5.22. The van der Waals surface area contributed by atoms with Gasteiger partial charge < -0.3 is 10.1 Å². The summed E-state index contributed by atoms with van der Waals surface area (Å²) in [4.78, 5) is 11.5. The average Bonchev–Trinajstić information content (AvgIpc) is 2.67. The van der Waals surface area contributed by atoms with Crippen molar-refractivity contribution in [3.8, 4) is 0 Å². The topological polar surface area (TPSA) is 79.3 Å². The standard InChI is InChI=1S/C12H14N2O3S/c13-18(16)7-6-11(9-18)14-12(15)17-8-10-4-2-1-3-5-10/h1-7,11,13H,8-9H2,(H,14,15)/t11-,18?/m1/s1. The molecule has 0 saturated heterocycles. The highest BCUT2D eigenvalue weighted by atomic mass is 32.2. The molecular weight excluding hydrogens is 252 g/mol. The molecule has 0 saturated carbocycles. The Labute approximate surface area is 106 Å². The number of ether oxygens (including phenoxy) is 1. The Balaban J connectivity index is 1.79. The maximum absolute atomic E-state index is 11.5. The van der Waals surface area contributed by atoms with Crippen LogP contribution in [0.4, 0.5) is 4.79 Å². The first kappa shape index (κ1) is 12.6. The van der Waals surface area contributed by atoms with Crippen LogP contribution in [0, 0.1) is 4.78 Å². The van der Waals surface area contributed by atoms with Crippen LogP contribution < -0.4 is 5.32 Å². The normalized spacial score (nSPS) is 25.9. The van der Waals surface area contributed by atoms with Crippen LogP contribution in [-0.4, -0.2) is 22.1 Å². The summed E-state index contributed by atoms with van der Waals surface area (Å²) < 4.78 is 23.7. The molecule has 1 heterocycles. The first-order valence-corrected chi connectivity index (χ1v) is 7.26. The van der Waals surface area contributed by atoms with Crippen LogP contribution in [0.15, 0.2) is 41.8 Å². The molecule has 0 fully saturated rings. The lowest BCUT2D eigenvalue weighted by Crippen LogP contribution is -2.35. The maximum atomic E-state index is 11.5. The number of carbonyl (C=O) groups excluding carboxylic acids is 1. The number of rotatable bonds is 3. The molecule has 1 aliphatic heterocycles. The molecule has 1 unspecified atom stereocenters. The van der Waals surface area contributed by atoms with Crippen molar-refractivity contribution in [3.63, 3.8) is 0 Å². The third-order valence-corrected chi connectivity index (χ3v) is 3.92. The molecule has 1 aromatic rings. The van der Waals surface area contributed by atoms with Gasteiger partial charge in [0.1, 0.15) is 6.61 Å². The zero-order valence-corrected chi connectivity index (χ0v) is 10.5. The number of amides is 1. The van der Waals surface area contributed by atoms with Gasteiger partial charge >= 0.3 is 6.09 Å². The number of hydrogen-bond donors (Lipinski definition) is 2. The summed E-state index contributed by atoms with van der Waals surface area (Å²) in [6.45, 7) is 0.194. The van der Waals surface area contributed by atoms with Crippen molar-refractivity contribution < 1.29 is 13.7 Å². The number of nitrogens with one attached hydrogen (secondary N) is 2. The number of alkyl carbamates (subject to hydrolysis) is 1. The zero-order valence-electron chi connectivity index (χ0n) is 9.67. The third-order valence-electron chi connectivity index (χ3n) is 2.47. The van der Waals surface area contributed by atoms with Crippen molar-refractivity contribution >= 4 is 15.8 Å². The van der Waals surface area contributed by atoms with Crippen molar-refractivity contribution in [1.29, 1.82) is 4.78 Å². The van der Waals surface area contributed by atoms with Crippen LogP contribution in [0.1, 0.15) is 5.56 Å². The van der Waals surface area contributed by atoms with E-state index in [4.69, 9.17) is 9.52 Å². The van der Waals surface area contributed by atoms with Gasteiger partial charge in [-0.2, -0.15) is 0 Å². The van der Waals surface area contributed by atoms with Gasteiger partial charge in [0.15, 0.2) is 0 Å². The second-order valence-electron chi connectivity index (χ2n) is 4.03. The van der Waals surface area contributed by atoms with Crippen molar-refractivity contribution in [2.75, 3.05) is 5.75 Å². The van der Waals surface area contributed by atoms with Crippen LogP contribution in [0.3, 0.4) is 0 Å². The van der Waals surface area contributed by atoms with E-state index in [-0.39, 0.29) is 18.4 Å². The molecular formula is C12H14N2O3S. The highest BCUT2D eigenvalue weighted by Crippen LogP contribution is 2.09. The van der Waals surface area contributed by atoms with Crippen LogP contribution in [0.25, 0.3) is 0 Å². The largest absolute Gasteiger partial charge is 0.445 e. The Morgan fingerprint density at radius 1 is 1.44 bits per heavy atom. The zero-order chi connectivity index (χ0) is 13.0. The van der Waals surface area contributed by atoms with Gasteiger partial charge in [-0.25, -0.2) is 13.8 Å². The lowest BCUT2D eigenvalue weighted by molar-refractivity contribution is 0.138. The van der Waals surface area contributed by atoms with E-state index in [9.17, 15) is 9.00 Å².